The zero-order chi connectivity index (χ0) is 22.3. The number of nitrogens with zero attached hydrogens (tertiary/aromatic N) is 2. The van der Waals surface area contributed by atoms with Crippen molar-refractivity contribution in [3.8, 4) is 5.75 Å². The highest BCUT2D eigenvalue weighted by molar-refractivity contribution is 7.99. The lowest BCUT2D eigenvalue weighted by Crippen LogP contribution is -2.43. The number of methoxy groups -OCH3 is 1. The summed E-state index contributed by atoms with van der Waals surface area (Å²) in [6.45, 7) is 2.35. The van der Waals surface area contributed by atoms with E-state index < -0.39 is 12.1 Å². The predicted molar refractivity (Wildman–Crippen MR) is 118 cm³/mol. The van der Waals surface area contributed by atoms with Gasteiger partial charge in [0.15, 0.2) is 0 Å². The largest absolute Gasteiger partial charge is 0.497 e. The number of likely N-dealkylation sites (N-methyl/N-ethyl adjacent to an activating group) is 1. The highest BCUT2D eigenvalue weighted by atomic mass is 32.2. The summed E-state index contributed by atoms with van der Waals surface area (Å²) >= 11 is 1.53. The molecule has 162 valence electrons. The van der Waals surface area contributed by atoms with Crippen molar-refractivity contribution in [2.75, 3.05) is 39.2 Å². The molecule has 2 atom stereocenters. The van der Waals surface area contributed by atoms with Crippen LogP contribution in [-0.2, 0) is 9.59 Å². The number of aliphatic hydroxyl groups is 1. The first-order valence-electron chi connectivity index (χ1n) is 9.48. The first-order valence-corrected chi connectivity index (χ1v) is 10.4. The Morgan fingerprint density at radius 3 is 2.33 bits per heavy atom. The molecule has 0 spiro atoms. The molecule has 30 heavy (non-hydrogen) atoms. The van der Waals surface area contributed by atoms with Gasteiger partial charge in [0.1, 0.15) is 11.9 Å². The number of hydrogen-bond donors (Lipinski definition) is 2. The Kier molecular flexibility index (Phi) is 8.71. The van der Waals surface area contributed by atoms with Crippen LogP contribution in [0.2, 0.25) is 0 Å². The minimum Gasteiger partial charge on any atom is -0.497 e. The van der Waals surface area contributed by atoms with E-state index in [0.29, 0.717) is 6.54 Å². The molecule has 0 radical (unpaired) electrons. The molecule has 7 nitrogen and oxygen atoms in total. The van der Waals surface area contributed by atoms with Gasteiger partial charge >= 0.3 is 0 Å². The van der Waals surface area contributed by atoms with Gasteiger partial charge in [-0.15, -0.1) is 11.8 Å². The molecule has 0 saturated carbocycles. The summed E-state index contributed by atoms with van der Waals surface area (Å²) in [7, 11) is 5.56. The Bertz CT molecular complexity index is 853. The number of carboxylic acid groups (broad SMARTS) is 1. The van der Waals surface area contributed by atoms with Gasteiger partial charge in [0.25, 0.3) is 11.9 Å². The number of carboxylic acids is 1. The fourth-order valence-electron chi connectivity index (χ4n) is 2.96. The van der Waals surface area contributed by atoms with Crippen molar-refractivity contribution < 1.29 is 24.5 Å². The summed E-state index contributed by atoms with van der Waals surface area (Å²) in [5, 5.41) is 17.9. The molecule has 0 unspecified atom stereocenters. The summed E-state index contributed by atoms with van der Waals surface area (Å²) in [6, 6.07) is 15.4. The van der Waals surface area contributed by atoms with Gasteiger partial charge in [0.05, 0.1) is 18.0 Å². The number of fused-ring (bicyclic) bond motifs is 1. The number of carbonyl (C=O) groups excluding carboxylic acids is 1. The van der Waals surface area contributed by atoms with Gasteiger partial charge in [-0.2, -0.15) is 0 Å². The average Bonchev–Trinajstić information content (AvgIpc) is 2.81. The fourth-order valence-corrected chi connectivity index (χ4v) is 4.23. The highest BCUT2D eigenvalue weighted by Crippen LogP contribution is 2.45. The van der Waals surface area contributed by atoms with Gasteiger partial charge in [0.2, 0.25) is 0 Å². The lowest BCUT2D eigenvalue weighted by molar-refractivity contribution is -0.134. The number of aliphatic carboxylic acids is 1. The van der Waals surface area contributed by atoms with E-state index >= 15 is 0 Å². The zero-order valence-electron chi connectivity index (χ0n) is 17.6. The second-order valence-electron chi connectivity index (χ2n) is 7.04. The van der Waals surface area contributed by atoms with Crippen molar-refractivity contribution in [2.45, 2.75) is 23.2 Å². The molecule has 8 heteroatoms. The van der Waals surface area contributed by atoms with E-state index in [1.807, 2.05) is 67.5 Å². The quantitative estimate of drug-likeness (QED) is 0.751. The van der Waals surface area contributed by atoms with E-state index in [1.165, 1.54) is 11.8 Å². The second-order valence-corrected chi connectivity index (χ2v) is 8.22. The Morgan fingerprint density at radius 2 is 1.77 bits per heavy atom. The zero-order valence-corrected chi connectivity index (χ0v) is 18.4. The summed E-state index contributed by atoms with van der Waals surface area (Å²) in [6.07, 6.45) is -1.11. The van der Waals surface area contributed by atoms with Crippen LogP contribution < -0.4 is 9.64 Å². The number of carbonyl (C=O) groups is 2. The molecule has 2 aromatic carbocycles. The number of rotatable bonds is 5. The minimum absolute atomic E-state index is 0.259. The van der Waals surface area contributed by atoms with Gasteiger partial charge in [0, 0.05) is 24.9 Å². The van der Waals surface area contributed by atoms with Crippen LogP contribution >= 0.6 is 11.8 Å². The summed E-state index contributed by atoms with van der Waals surface area (Å²) in [4.78, 5) is 26.8. The topological polar surface area (TPSA) is 90.3 Å². The smallest absolute Gasteiger partial charge is 0.300 e. The first-order chi connectivity index (χ1) is 14.2. The number of hydrogen-bond acceptors (Lipinski definition) is 6. The van der Waals surface area contributed by atoms with Crippen LogP contribution in [0.3, 0.4) is 0 Å². The molecule has 1 aliphatic rings. The van der Waals surface area contributed by atoms with Crippen molar-refractivity contribution >= 4 is 29.3 Å². The van der Waals surface area contributed by atoms with Crippen LogP contribution in [-0.4, -0.2) is 67.4 Å². The van der Waals surface area contributed by atoms with Crippen LogP contribution in [0.1, 0.15) is 17.7 Å². The maximum atomic E-state index is 13.0. The Hall–Kier alpha value is -2.55. The molecule has 0 aliphatic carbocycles. The standard InChI is InChI=1S/C20H24N2O3S.C2H4O2/c1-21(2)12-13-22-16-6-4-5-7-17(16)26-19(18(23)20(22)24)14-8-10-15(25-3)11-9-14;1-2(3)4/h4-11,18-19,23H,12-13H2,1-3H3;1H3,(H,3,4)/t18-,19+;/m0./s1. The minimum atomic E-state index is -1.11. The second kappa shape index (κ2) is 11.0. The summed E-state index contributed by atoms with van der Waals surface area (Å²) in [5.74, 6) is -0.341. The number of aliphatic hydroxyl groups excluding tert-OH is 1. The van der Waals surface area contributed by atoms with E-state index in [2.05, 4.69) is 0 Å². The summed E-state index contributed by atoms with van der Waals surface area (Å²) in [5.41, 5.74) is 1.76. The Morgan fingerprint density at radius 1 is 1.17 bits per heavy atom. The van der Waals surface area contributed by atoms with E-state index in [4.69, 9.17) is 14.6 Å². The SMILES string of the molecule is CC(=O)O.COc1ccc([C@H]2Sc3ccccc3N(CCN(C)C)C(=O)[C@H]2O)cc1. The lowest BCUT2D eigenvalue weighted by atomic mass is 10.1. The fraction of sp³-hybridized carbons (Fsp3) is 0.364. The van der Waals surface area contributed by atoms with Crippen LogP contribution in [0.15, 0.2) is 53.4 Å². The molecule has 0 fully saturated rings. The maximum Gasteiger partial charge on any atom is 0.300 e. The van der Waals surface area contributed by atoms with Crippen molar-refractivity contribution in [1.82, 2.24) is 4.90 Å². The van der Waals surface area contributed by atoms with E-state index in [1.54, 1.807) is 12.0 Å². The lowest BCUT2D eigenvalue weighted by Gasteiger charge is -2.26. The summed E-state index contributed by atoms with van der Waals surface area (Å²) < 4.78 is 5.21. The van der Waals surface area contributed by atoms with Crippen LogP contribution in [0.4, 0.5) is 5.69 Å². The third-order valence-corrected chi connectivity index (χ3v) is 5.81. The first kappa shape index (κ1) is 23.7. The van der Waals surface area contributed by atoms with Gasteiger partial charge in [-0.05, 0) is 43.9 Å². The number of amides is 1. The van der Waals surface area contributed by atoms with Gasteiger partial charge in [-0.25, -0.2) is 0 Å². The van der Waals surface area contributed by atoms with E-state index in [-0.39, 0.29) is 11.2 Å². The number of ether oxygens (including phenoxy) is 1. The maximum absolute atomic E-state index is 13.0. The Labute approximate surface area is 181 Å². The van der Waals surface area contributed by atoms with Gasteiger partial charge in [-0.3, -0.25) is 9.59 Å². The number of benzene rings is 2. The molecule has 1 amide bonds. The molecular weight excluding hydrogens is 404 g/mol. The molecule has 0 saturated heterocycles. The Balaban J connectivity index is 0.000000735. The third-order valence-electron chi connectivity index (χ3n) is 4.43. The molecule has 0 aromatic heterocycles. The molecule has 3 rings (SSSR count). The molecule has 1 heterocycles. The number of anilines is 1. The van der Waals surface area contributed by atoms with Crippen molar-refractivity contribution in [3.63, 3.8) is 0 Å². The van der Waals surface area contributed by atoms with Crippen molar-refractivity contribution in [1.29, 1.82) is 0 Å². The van der Waals surface area contributed by atoms with Crippen LogP contribution in [0.5, 0.6) is 5.75 Å². The molecule has 1 aliphatic heterocycles. The molecule has 0 bridgehead atoms. The van der Waals surface area contributed by atoms with Crippen LogP contribution in [0, 0.1) is 0 Å². The van der Waals surface area contributed by atoms with E-state index in [0.717, 1.165) is 35.4 Å². The van der Waals surface area contributed by atoms with Crippen molar-refractivity contribution in [3.05, 3.63) is 54.1 Å². The van der Waals surface area contributed by atoms with Crippen molar-refractivity contribution in [2.24, 2.45) is 0 Å². The molecular formula is C22H28N2O5S. The van der Waals surface area contributed by atoms with Gasteiger partial charge in [-0.1, -0.05) is 24.3 Å². The number of para-hydroxylation sites is 1. The average molecular weight is 433 g/mol. The molecule has 2 aromatic rings. The highest BCUT2D eigenvalue weighted by Gasteiger charge is 2.37. The predicted octanol–water partition coefficient (Wildman–Crippen LogP) is 2.89. The van der Waals surface area contributed by atoms with E-state index in [9.17, 15) is 9.90 Å². The number of thioether (sulfide) groups is 1. The van der Waals surface area contributed by atoms with Crippen LogP contribution in [0.25, 0.3) is 0 Å². The van der Waals surface area contributed by atoms with Gasteiger partial charge < -0.3 is 24.7 Å². The monoisotopic (exact) mass is 432 g/mol. The molecule has 2 N–H and O–H groups in total. The third kappa shape index (κ3) is 6.22. The normalized spacial score (nSPS) is 18.2.